The second-order valence-corrected chi connectivity index (χ2v) is 4.32. The molecule has 0 bridgehead atoms. The van der Waals surface area contributed by atoms with Crippen molar-refractivity contribution in [2.75, 3.05) is 19.6 Å². The number of carboxylic acids is 1. The molecule has 9 nitrogen and oxygen atoms in total. The lowest BCUT2D eigenvalue weighted by molar-refractivity contribution is -0.137. The minimum absolute atomic E-state index is 0.174. The molecular weight excluding hydrogens is 256 g/mol. The highest BCUT2D eigenvalue weighted by Crippen LogP contribution is 2.27. The van der Waals surface area contributed by atoms with E-state index >= 15 is 0 Å². The van der Waals surface area contributed by atoms with Crippen molar-refractivity contribution in [3.05, 3.63) is 0 Å². The molecule has 0 unspecified atom stereocenters. The number of nitrogens with zero attached hydrogens (tertiary/aromatic N) is 2. The third-order valence-corrected chi connectivity index (χ3v) is 2.50. The maximum Gasteiger partial charge on any atom is 0.323 e. The van der Waals surface area contributed by atoms with E-state index < -0.39 is 43.4 Å². The second-order valence-electron chi connectivity index (χ2n) is 4.32. The van der Waals surface area contributed by atoms with Gasteiger partial charge in [0.1, 0.15) is 19.6 Å². The number of carbonyl (C=O) groups is 4. The average molecular weight is 272 g/mol. The molecule has 1 rings (SSSR count). The molecule has 1 aliphatic carbocycles. The molecule has 106 valence electrons. The van der Waals surface area contributed by atoms with E-state index in [0.29, 0.717) is 12.8 Å². The number of rotatable bonds is 7. The largest absolute Gasteiger partial charge is 0.480 e. The van der Waals surface area contributed by atoms with Crippen LogP contribution in [0.15, 0.2) is 0 Å². The van der Waals surface area contributed by atoms with Crippen molar-refractivity contribution in [3.8, 4) is 0 Å². The van der Waals surface area contributed by atoms with E-state index in [0.717, 1.165) is 9.80 Å². The fourth-order valence-corrected chi connectivity index (χ4v) is 1.63. The summed E-state index contributed by atoms with van der Waals surface area (Å²) in [6.45, 7) is -1.45. The molecule has 0 aromatic rings. The van der Waals surface area contributed by atoms with Crippen molar-refractivity contribution in [2.24, 2.45) is 11.5 Å². The number of hydrogen-bond donors (Lipinski definition) is 3. The van der Waals surface area contributed by atoms with Crippen molar-refractivity contribution in [1.82, 2.24) is 9.80 Å². The van der Waals surface area contributed by atoms with Crippen LogP contribution in [-0.2, 0) is 14.4 Å². The van der Waals surface area contributed by atoms with Gasteiger partial charge in [0.15, 0.2) is 0 Å². The maximum atomic E-state index is 12.1. The van der Waals surface area contributed by atoms with Gasteiger partial charge < -0.3 is 26.4 Å². The molecule has 0 atom stereocenters. The Balaban J connectivity index is 2.78. The summed E-state index contributed by atoms with van der Waals surface area (Å²) >= 11 is 0. The van der Waals surface area contributed by atoms with Crippen molar-refractivity contribution < 1.29 is 24.3 Å². The van der Waals surface area contributed by atoms with Crippen LogP contribution in [0.5, 0.6) is 0 Å². The third-order valence-electron chi connectivity index (χ3n) is 2.50. The van der Waals surface area contributed by atoms with E-state index in [1.54, 1.807) is 0 Å². The Labute approximate surface area is 109 Å². The van der Waals surface area contributed by atoms with E-state index in [-0.39, 0.29) is 6.04 Å². The van der Waals surface area contributed by atoms with Gasteiger partial charge in [-0.15, -0.1) is 0 Å². The van der Waals surface area contributed by atoms with Crippen LogP contribution in [0.4, 0.5) is 4.79 Å². The molecule has 0 aromatic carbocycles. The van der Waals surface area contributed by atoms with E-state index in [1.807, 2.05) is 0 Å². The van der Waals surface area contributed by atoms with Gasteiger partial charge in [0.2, 0.25) is 11.8 Å². The number of carbonyl (C=O) groups excluding carboxylic acids is 3. The highest BCUT2D eigenvalue weighted by Gasteiger charge is 2.36. The lowest BCUT2D eigenvalue weighted by Crippen LogP contribution is -2.51. The Kier molecular flexibility index (Phi) is 4.67. The molecular formula is C10H16N4O5. The first-order chi connectivity index (χ1) is 8.81. The van der Waals surface area contributed by atoms with Crippen molar-refractivity contribution in [2.45, 2.75) is 18.9 Å². The summed E-state index contributed by atoms with van der Waals surface area (Å²) in [6.07, 6.45) is 1.39. The Hall–Kier alpha value is -2.32. The Morgan fingerprint density at radius 1 is 1.00 bits per heavy atom. The van der Waals surface area contributed by atoms with Crippen LogP contribution in [0.3, 0.4) is 0 Å². The topological polar surface area (TPSA) is 147 Å². The molecule has 1 aliphatic rings. The number of urea groups is 1. The predicted molar refractivity (Wildman–Crippen MR) is 62.7 cm³/mol. The minimum atomic E-state index is -1.17. The van der Waals surface area contributed by atoms with Gasteiger partial charge in [0.25, 0.3) is 0 Å². The van der Waals surface area contributed by atoms with Crippen molar-refractivity contribution >= 4 is 23.8 Å². The summed E-state index contributed by atoms with van der Waals surface area (Å²) < 4.78 is 0. The van der Waals surface area contributed by atoms with Crippen LogP contribution in [0.1, 0.15) is 12.8 Å². The van der Waals surface area contributed by atoms with Gasteiger partial charge in [0, 0.05) is 6.04 Å². The third kappa shape index (κ3) is 4.82. The molecule has 9 heteroatoms. The lowest BCUT2D eigenvalue weighted by atomic mass is 10.4. The van der Waals surface area contributed by atoms with Crippen LogP contribution in [0.25, 0.3) is 0 Å². The quantitative estimate of drug-likeness (QED) is 0.487. The first-order valence-electron chi connectivity index (χ1n) is 5.65. The van der Waals surface area contributed by atoms with Gasteiger partial charge in [-0.1, -0.05) is 0 Å². The zero-order valence-electron chi connectivity index (χ0n) is 10.2. The number of hydrogen-bond acceptors (Lipinski definition) is 4. The summed E-state index contributed by atoms with van der Waals surface area (Å²) in [6, 6.07) is -0.894. The molecule has 5 N–H and O–H groups in total. The fourth-order valence-electron chi connectivity index (χ4n) is 1.63. The standard InChI is InChI=1S/C10H16N4O5/c11-7(15)3-13(4-8(12)16)10(19)14(5-9(17)18)6-1-2-6/h6H,1-5H2,(H2,11,15)(H2,12,16)(H,17,18). The molecule has 1 fully saturated rings. The Morgan fingerprint density at radius 3 is 1.79 bits per heavy atom. The van der Waals surface area contributed by atoms with Gasteiger partial charge in [-0.25, -0.2) is 4.79 Å². The number of primary amides is 2. The van der Waals surface area contributed by atoms with E-state index in [9.17, 15) is 19.2 Å². The molecule has 19 heavy (non-hydrogen) atoms. The average Bonchev–Trinajstić information content (AvgIpc) is 3.06. The lowest BCUT2D eigenvalue weighted by Gasteiger charge is -2.28. The minimum Gasteiger partial charge on any atom is -0.480 e. The van der Waals surface area contributed by atoms with Gasteiger partial charge in [-0.2, -0.15) is 0 Å². The molecule has 4 amide bonds. The van der Waals surface area contributed by atoms with E-state index in [2.05, 4.69) is 0 Å². The van der Waals surface area contributed by atoms with E-state index in [1.165, 1.54) is 0 Å². The molecule has 0 aromatic heterocycles. The molecule has 0 saturated heterocycles. The number of aliphatic carboxylic acids is 1. The molecule has 0 radical (unpaired) electrons. The molecule has 1 saturated carbocycles. The summed E-state index contributed by atoms with van der Waals surface area (Å²) in [7, 11) is 0. The zero-order valence-corrected chi connectivity index (χ0v) is 10.2. The van der Waals surface area contributed by atoms with Crippen molar-refractivity contribution in [3.63, 3.8) is 0 Å². The summed E-state index contributed by atoms with van der Waals surface area (Å²) in [5.74, 6) is -2.78. The van der Waals surface area contributed by atoms with Crippen LogP contribution >= 0.6 is 0 Å². The SMILES string of the molecule is NC(=O)CN(CC(N)=O)C(=O)N(CC(=O)O)C1CC1. The molecule has 0 heterocycles. The van der Waals surface area contributed by atoms with Gasteiger partial charge in [-0.05, 0) is 12.8 Å². The zero-order chi connectivity index (χ0) is 14.6. The van der Waals surface area contributed by atoms with Crippen LogP contribution in [0.2, 0.25) is 0 Å². The van der Waals surface area contributed by atoms with Gasteiger partial charge >= 0.3 is 12.0 Å². The van der Waals surface area contributed by atoms with Crippen molar-refractivity contribution in [1.29, 1.82) is 0 Å². The van der Waals surface area contributed by atoms with Crippen LogP contribution < -0.4 is 11.5 Å². The summed E-state index contributed by atoms with van der Waals surface area (Å²) in [4.78, 5) is 46.5. The van der Waals surface area contributed by atoms with Crippen LogP contribution in [0, 0.1) is 0 Å². The number of nitrogens with two attached hydrogens (primary N) is 2. The molecule has 0 spiro atoms. The summed E-state index contributed by atoms with van der Waals surface area (Å²) in [5.41, 5.74) is 9.96. The first kappa shape index (κ1) is 14.7. The maximum absolute atomic E-state index is 12.1. The smallest absolute Gasteiger partial charge is 0.323 e. The van der Waals surface area contributed by atoms with Gasteiger partial charge in [0.05, 0.1) is 0 Å². The Morgan fingerprint density at radius 2 is 1.47 bits per heavy atom. The predicted octanol–water partition coefficient (Wildman–Crippen LogP) is -2.07. The number of carboxylic acid groups (broad SMARTS) is 1. The molecule has 0 aliphatic heterocycles. The highest BCUT2D eigenvalue weighted by molar-refractivity contribution is 5.89. The summed E-state index contributed by atoms with van der Waals surface area (Å²) in [5, 5.41) is 8.76. The Bertz CT molecular complexity index is 391. The monoisotopic (exact) mass is 272 g/mol. The first-order valence-corrected chi connectivity index (χ1v) is 5.65. The second kappa shape index (κ2) is 6.03. The van der Waals surface area contributed by atoms with Gasteiger partial charge in [-0.3, -0.25) is 14.4 Å². The number of amides is 4. The van der Waals surface area contributed by atoms with E-state index in [4.69, 9.17) is 16.6 Å². The van der Waals surface area contributed by atoms with Crippen LogP contribution in [-0.4, -0.2) is 64.4 Å². The highest BCUT2D eigenvalue weighted by atomic mass is 16.4. The fraction of sp³-hybridized carbons (Fsp3) is 0.600. The normalized spacial score (nSPS) is 13.7.